The third kappa shape index (κ3) is 5.70. The Morgan fingerprint density at radius 3 is 1.59 bits per heavy atom. The van der Waals surface area contributed by atoms with Gasteiger partial charge in [-0.2, -0.15) is 0 Å². The van der Waals surface area contributed by atoms with Gasteiger partial charge in [0.25, 0.3) is 0 Å². The van der Waals surface area contributed by atoms with Crippen molar-refractivity contribution in [1.29, 1.82) is 0 Å². The Labute approximate surface area is 138 Å². The molecule has 5 nitrogen and oxygen atoms in total. The highest BCUT2D eigenvalue weighted by Crippen LogP contribution is 2.40. The summed E-state index contributed by atoms with van der Waals surface area (Å²) in [5, 5.41) is 0. The van der Waals surface area contributed by atoms with E-state index in [1.807, 2.05) is 34.2 Å². The average molecular weight is 351 g/mol. The summed E-state index contributed by atoms with van der Waals surface area (Å²) >= 11 is 0. The minimum atomic E-state index is -2.79. The van der Waals surface area contributed by atoms with Crippen molar-refractivity contribution in [2.75, 3.05) is 26.4 Å². The van der Waals surface area contributed by atoms with E-state index in [1.165, 1.54) is 19.3 Å². The van der Waals surface area contributed by atoms with Crippen LogP contribution in [0.2, 0.25) is 12.1 Å². The molecule has 0 radical (unpaired) electrons. The first-order chi connectivity index (χ1) is 10.6. The fourth-order valence-electron chi connectivity index (χ4n) is 3.16. The predicted molar refractivity (Wildman–Crippen MR) is 91.8 cm³/mol. The van der Waals surface area contributed by atoms with Crippen LogP contribution in [0.4, 0.5) is 0 Å². The van der Waals surface area contributed by atoms with Crippen LogP contribution in [-0.4, -0.2) is 44.0 Å². The van der Waals surface area contributed by atoms with Crippen molar-refractivity contribution >= 4 is 17.6 Å². The Kier molecular flexibility index (Phi) is 9.38. The molecule has 0 saturated heterocycles. The lowest BCUT2D eigenvalue weighted by Crippen LogP contribution is -2.60. The Bertz CT molecular complexity index is 286. The molecule has 1 aliphatic carbocycles. The van der Waals surface area contributed by atoms with Gasteiger partial charge in [-0.3, -0.25) is 0 Å². The molecule has 22 heavy (non-hydrogen) atoms. The smallest absolute Gasteiger partial charge is 0.374 e. The molecule has 0 aromatic rings. The van der Waals surface area contributed by atoms with Gasteiger partial charge in [0.1, 0.15) is 0 Å². The topological polar surface area (TPSA) is 46.2 Å². The lowest BCUT2D eigenvalue weighted by Gasteiger charge is -2.41. The van der Waals surface area contributed by atoms with E-state index in [0.29, 0.717) is 32.0 Å². The van der Waals surface area contributed by atoms with Crippen molar-refractivity contribution < 1.29 is 21.8 Å². The summed E-state index contributed by atoms with van der Waals surface area (Å²) < 4.78 is 30.6. The molecule has 1 rings (SSSR count). The van der Waals surface area contributed by atoms with Gasteiger partial charge in [-0.1, -0.05) is 19.3 Å². The molecule has 0 heterocycles. The SMILES string of the molecule is CCO[Si](C)(OCC)O[Si](OCC)(OCC)C1CCCCC1. The molecule has 0 N–H and O–H groups in total. The summed E-state index contributed by atoms with van der Waals surface area (Å²) in [5.74, 6) is 0. The van der Waals surface area contributed by atoms with Gasteiger partial charge in [-0.05, 0) is 40.5 Å². The van der Waals surface area contributed by atoms with Crippen LogP contribution in [0.15, 0.2) is 0 Å². The summed E-state index contributed by atoms with van der Waals surface area (Å²) in [6, 6.07) is 0. The monoisotopic (exact) mass is 350 g/mol. The highest BCUT2D eigenvalue weighted by Gasteiger charge is 2.55. The first-order valence-electron chi connectivity index (χ1n) is 8.81. The lowest BCUT2D eigenvalue weighted by atomic mass is 10.0. The van der Waals surface area contributed by atoms with Gasteiger partial charge >= 0.3 is 17.6 Å². The Hall–Kier alpha value is 0.234. The summed E-state index contributed by atoms with van der Waals surface area (Å²) in [7, 11) is -5.52. The second-order valence-corrected chi connectivity index (χ2v) is 11.4. The minimum absolute atomic E-state index is 0.369. The van der Waals surface area contributed by atoms with E-state index in [1.54, 1.807) is 0 Å². The van der Waals surface area contributed by atoms with E-state index in [-0.39, 0.29) is 0 Å². The van der Waals surface area contributed by atoms with E-state index >= 15 is 0 Å². The van der Waals surface area contributed by atoms with Crippen molar-refractivity contribution in [2.24, 2.45) is 0 Å². The molecule has 1 saturated carbocycles. The van der Waals surface area contributed by atoms with Crippen LogP contribution in [-0.2, 0) is 21.8 Å². The maximum absolute atomic E-state index is 6.52. The highest BCUT2D eigenvalue weighted by molar-refractivity contribution is 6.75. The Morgan fingerprint density at radius 1 is 0.727 bits per heavy atom. The van der Waals surface area contributed by atoms with Gasteiger partial charge in [0.2, 0.25) is 0 Å². The zero-order valence-electron chi connectivity index (χ0n) is 15.0. The van der Waals surface area contributed by atoms with Crippen LogP contribution >= 0.6 is 0 Å². The van der Waals surface area contributed by atoms with Crippen LogP contribution in [0.25, 0.3) is 0 Å². The second-order valence-electron chi connectivity index (χ2n) is 5.63. The normalized spacial score (nSPS) is 17.9. The molecular formula is C15H34O5Si2. The van der Waals surface area contributed by atoms with Crippen molar-refractivity contribution in [3.05, 3.63) is 0 Å². The maximum Gasteiger partial charge on any atom is 0.496 e. The van der Waals surface area contributed by atoms with Crippen LogP contribution < -0.4 is 0 Å². The van der Waals surface area contributed by atoms with Gasteiger partial charge in [0.15, 0.2) is 0 Å². The molecule has 1 fully saturated rings. The molecule has 132 valence electrons. The molecule has 0 amide bonds. The highest BCUT2D eigenvalue weighted by atomic mass is 28.5. The van der Waals surface area contributed by atoms with Gasteiger partial charge in [-0.15, -0.1) is 0 Å². The standard InChI is InChI=1S/C15H34O5Si2/c1-6-16-21(5,17-7-2)20-22(18-8-3,19-9-4)15-13-11-10-12-14-15/h15H,6-14H2,1-5H3. The summed E-state index contributed by atoms with van der Waals surface area (Å²) in [6.45, 7) is 12.3. The van der Waals surface area contributed by atoms with Gasteiger partial charge in [-0.25, -0.2) is 0 Å². The first kappa shape index (κ1) is 20.3. The molecule has 0 spiro atoms. The average Bonchev–Trinajstić information content (AvgIpc) is 2.49. The van der Waals surface area contributed by atoms with Gasteiger partial charge < -0.3 is 21.8 Å². The zero-order valence-corrected chi connectivity index (χ0v) is 17.0. The van der Waals surface area contributed by atoms with Crippen molar-refractivity contribution in [3.63, 3.8) is 0 Å². The maximum atomic E-state index is 6.52. The molecule has 0 bridgehead atoms. The zero-order chi connectivity index (χ0) is 16.5. The summed E-state index contributed by atoms with van der Waals surface area (Å²) in [5.41, 5.74) is 0.369. The molecular weight excluding hydrogens is 316 g/mol. The van der Waals surface area contributed by atoms with Crippen LogP contribution in [0, 0.1) is 0 Å². The van der Waals surface area contributed by atoms with Crippen molar-refractivity contribution in [2.45, 2.75) is 71.9 Å². The Balaban J connectivity index is 2.99. The molecule has 0 aromatic carbocycles. The van der Waals surface area contributed by atoms with E-state index in [9.17, 15) is 0 Å². The molecule has 7 heteroatoms. The van der Waals surface area contributed by atoms with E-state index in [0.717, 1.165) is 12.8 Å². The van der Waals surface area contributed by atoms with E-state index < -0.39 is 17.6 Å². The van der Waals surface area contributed by atoms with E-state index in [4.69, 9.17) is 21.8 Å². The fraction of sp³-hybridized carbons (Fsp3) is 1.00. The van der Waals surface area contributed by atoms with Crippen LogP contribution in [0.3, 0.4) is 0 Å². The second kappa shape index (κ2) is 10.2. The lowest BCUT2D eigenvalue weighted by molar-refractivity contribution is 0.0438. The number of hydrogen-bond acceptors (Lipinski definition) is 5. The van der Waals surface area contributed by atoms with Crippen LogP contribution in [0.1, 0.15) is 59.8 Å². The third-order valence-corrected chi connectivity index (χ3v) is 11.1. The summed E-state index contributed by atoms with van der Waals surface area (Å²) in [6.07, 6.45) is 5.99. The van der Waals surface area contributed by atoms with Gasteiger partial charge in [0.05, 0.1) is 0 Å². The van der Waals surface area contributed by atoms with Gasteiger partial charge in [0, 0.05) is 38.5 Å². The predicted octanol–water partition coefficient (Wildman–Crippen LogP) is 3.99. The largest absolute Gasteiger partial charge is 0.496 e. The van der Waals surface area contributed by atoms with Crippen molar-refractivity contribution in [1.82, 2.24) is 0 Å². The van der Waals surface area contributed by atoms with Crippen LogP contribution in [0.5, 0.6) is 0 Å². The third-order valence-electron chi connectivity index (χ3n) is 3.94. The molecule has 0 unspecified atom stereocenters. The molecule has 0 aromatic heterocycles. The fourth-order valence-corrected chi connectivity index (χ4v) is 10.4. The van der Waals surface area contributed by atoms with Crippen molar-refractivity contribution in [3.8, 4) is 0 Å². The minimum Gasteiger partial charge on any atom is -0.374 e. The molecule has 1 aliphatic rings. The Morgan fingerprint density at radius 2 is 1.18 bits per heavy atom. The molecule has 0 atom stereocenters. The quantitative estimate of drug-likeness (QED) is 0.527. The number of hydrogen-bond donors (Lipinski definition) is 0. The van der Waals surface area contributed by atoms with E-state index in [2.05, 4.69) is 0 Å². The number of rotatable bonds is 11. The summed E-state index contributed by atoms with van der Waals surface area (Å²) in [4.78, 5) is 0. The first-order valence-corrected chi connectivity index (χ1v) is 12.8. The molecule has 0 aliphatic heterocycles.